The molecule has 3 rings (SSSR count). The summed E-state index contributed by atoms with van der Waals surface area (Å²) in [6.07, 6.45) is 2.50. The first-order valence-electron chi connectivity index (χ1n) is 7.31. The summed E-state index contributed by atoms with van der Waals surface area (Å²) in [5, 5.41) is 12.3. The average Bonchev–Trinajstić information content (AvgIpc) is 2.99. The van der Waals surface area contributed by atoms with Gasteiger partial charge in [-0.2, -0.15) is 0 Å². The van der Waals surface area contributed by atoms with Crippen LogP contribution in [0.25, 0.3) is 5.65 Å². The van der Waals surface area contributed by atoms with Crippen LogP contribution < -0.4 is 5.32 Å². The molecule has 1 aromatic carbocycles. The van der Waals surface area contributed by atoms with E-state index in [9.17, 15) is 22.7 Å². The molecule has 0 saturated carbocycles. The van der Waals surface area contributed by atoms with Gasteiger partial charge in [0.05, 0.1) is 16.3 Å². The first-order valence-corrected chi connectivity index (χ1v) is 8.97. The van der Waals surface area contributed by atoms with Crippen molar-refractivity contribution in [1.29, 1.82) is 0 Å². The number of rotatable bonds is 4. The highest BCUT2D eigenvalue weighted by molar-refractivity contribution is 7.91. The summed E-state index contributed by atoms with van der Waals surface area (Å²) in [6.45, 7) is 1.50. The van der Waals surface area contributed by atoms with E-state index in [0.29, 0.717) is 5.65 Å². The Morgan fingerprint density at radius 1 is 1.28 bits per heavy atom. The molecule has 1 amide bonds. The van der Waals surface area contributed by atoms with Crippen LogP contribution in [0.3, 0.4) is 0 Å². The number of hydrogen-bond acceptors (Lipinski definition) is 5. The van der Waals surface area contributed by atoms with Crippen molar-refractivity contribution in [3.63, 3.8) is 0 Å². The van der Waals surface area contributed by atoms with Crippen molar-refractivity contribution >= 4 is 27.1 Å². The van der Waals surface area contributed by atoms with Crippen LogP contribution in [0.5, 0.6) is 5.75 Å². The van der Waals surface area contributed by atoms with Crippen LogP contribution in [-0.2, 0) is 9.84 Å². The van der Waals surface area contributed by atoms with E-state index >= 15 is 0 Å². The summed E-state index contributed by atoms with van der Waals surface area (Å²) >= 11 is 0. The minimum absolute atomic E-state index is 0.00579. The zero-order valence-electron chi connectivity index (χ0n) is 13.1. The summed E-state index contributed by atoms with van der Waals surface area (Å²) < 4.78 is 38.4. The summed E-state index contributed by atoms with van der Waals surface area (Å²) in [4.78, 5) is 16.3. The van der Waals surface area contributed by atoms with Gasteiger partial charge in [0, 0.05) is 12.4 Å². The van der Waals surface area contributed by atoms with Gasteiger partial charge >= 0.3 is 0 Å². The number of halogens is 1. The highest BCUT2D eigenvalue weighted by atomic mass is 32.2. The number of aromatic hydroxyl groups is 1. The molecular formula is C16H14FN3O4S. The van der Waals surface area contributed by atoms with Crippen molar-refractivity contribution in [2.45, 2.75) is 11.8 Å². The van der Waals surface area contributed by atoms with Gasteiger partial charge in [-0.15, -0.1) is 0 Å². The van der Waals surface area contributed by atoms with E-state index in [1.54, 1.807) is 0 Å². The lowest BCUT2D eigenvalue weighted by Crippen LogP contribution is -2.13. The van der Waals surface area contributed by atoms with Gasteiger partial charge in [-0.05, 0) is 30.3 Å². The third-order valence-electron chi connectivity index (χ3n) is 3.60. The topological polar surface area (TPSA) is 101 Å². The molecule has 0 bridgehead atoms. The molecule has 0 atom stereocenters. The summed E-state index contributed by atoms with van der Waals surface area (Å²) in [7, 11) is -3.49. The number of amides is 1. The van der Waals surface area contributed by atoms with Crippen LogP contribution in [-0.4, -0.2) is 34.6 Å². The molecule has 2 heterocycles. The molecule has 0 saturated heterocycles. The van der Waals surface area contributed by atoms with Gasteiger partial charge < -0.3 is 14.8 Å². The first-order chi connectivity index (χ1) is 11.8. The van der Waals surface area contributed by atoms with Crippen molar-refractivity contribution < 1.29 is 22.7 Å². The number of benzene rings is 1. The Morgan fingerprint density at radius 2 is 2.04 bits per heavy atom. The lowest BCUT2D eigenvalue weighted by Gasteiger charge is -2.08. The second-order valence-corrected chi connectivity index (χ2v) is 7.55. The number of carbonyl (C=O) groups excluding carboxylic acids is 1. The second-order valence-electron chi connectivity index (χ2n) is 5.28. The Hall–Kier alpha value is -2.94. The smallest absolute Gasteiger partial charge is 0.275 e. The predicted molar refractivity (Wildman–Crippen MR) is 88.9 cm³/mol. The van der Waals surface area contributed by atoms with Crippen molar-refractivity contribution in [3.8, 4) is 5.75 Å². The number of nitrogens with zero attached hydrogens (tertiary/aromatic N) is 2. The Morgan fingerprint density at radius 3 is 2.76 bits per heavy atom. The number of imidazole rings is 1. The van der Waals surface area contributed by atoms with E-state index < -0.39 is 21.6 Å². The molecule has 0 fully saturated rings. The molecule has 0 radical (unpaired) electrons. The number of anilines is 1. The van der Waals surface area contributed by atoms with E-state index in [4.69, 9.17) is 0 Å². The monoisotopic (exact) mass is 363 g/mol. The van der Waals surface area contributed by atoms with E-state index in [1.807, 2.05) is 0 Å². The van der Waals surface area contributed by atoms with Gasteiger partial charge in [0.15, 0.2) is 9.84 Å². The summed E-state index contributed by atoms with van der Waals surface area (Å²) in [5.41, 5.74) is 0.314. The molecule has 0 aliphatic carbocycles. The number of fused-ring (bicyclic) bond motifs is 1. The minimum atomic E-state index is -3.49. The van der Waals surface area contributed by atoms with Crippen LogP contribution in [0.15, 0.2) is 47.6 Å². The maximum absolute atomic E-state index is 13.2. The fraction of sp³-hybridized carbons (Fsp3) is 0.125. The van der Waals surface area contributed by atoms with Crippen LogP contribution in [0, 0.1) is 5.82 Å². The highest BCUT2D eigenvalue weighted by Gasteiger charge is 2.17. The van der Waals surface area contributed by atoms with Crippen LogP contribution >= 0.6 is 0 Å². The van der Waals surface area contributed by atoms with Gasteiger partial charge in [-0.3, -0.25) is 4.79 Å². The predicted octanol–water partition coefficient (Wildman–Crippen LogP) is 2.22. The SMILES string of the molecule is CCS(=O)(=O)c1ccc(O)c(NC(=O)c2cn3cc(F)ccc3n2)c1. The Balaban J connectivity index is 1.93. The van der Waals surface area contributed by atoms with Gasteiger partial charge in [-0.1, -0.05) is 6.92 Å². The number of hydrogen-bond donors (Lipinski definition) is 2. The van der Waals surface area contributed by atoms with E-state index in [1.165, 1.54) is 54.0 Å². The molecule has 7 nitrogen and oxygen atoms in total. The molecule has 0 spiro atoms. The van der Waals surface area contributed by atoms with E-state index in [0.717, 1.165) is 0 Å². The Kier molecular flexibility index (Phi) is 4.17. The fourth-order valence-electron chi connectivity index (χ4n) is 2.24. The average molecular weight is 363 g/mol. The van der Waals surface area contributed by atoms with Gasteiger partial charge in [-0.25, -0.2) is 17.8 Å². The molecule has 25 heavy (non-hydrogen) atoms. The van der Waals surface area contributed by atoms with Crippen molar-refractivity contribution in [1.82, 2.24) is 9.38 Å². The van der Waals surface area contributed by atoms with Crippen molar-refractivity contribution in [3.05, 3.63) is 54.2 Å². The number of phenols is 1. The van der Waals surface area contributed by atoms with Crippen LogP contribution in [0.4, 0.5) is 10.1 Å². The van der Waals surface area contributed by atoms with Gasteiger partial charge in [0.2, 0.25) is 0 Å². The third-order valence-corrected chi connectivity index (χ3v) is 5.34. The lowest BCUT2D eigenvalue weighted by atomic mass is 10.3. The molecule has 130 valence electrons. The van der Waals surface area contributed by atoms with Gasteiger partial charge in [0.25, 0.3) is 5.91 Å². The quantitative estimate of drug-likeness (QED) is 0.692. The van der Waals surface area contributed by atoms with Crippen LogP contribution in [0.2, 0.25) is 0 Å². The molecule has 3 aromatic rings. The first kappa shape index (κ1) is 16.9. The molecule has 9 heteroatoms. The Bertz CT molecular complexity index is 1080. The van der Waals surface area contributed by atoms with E-state index in [2.05, 4.69) is 10.3 Å². The van der Waals surface area contributed by atoms with E-state index in [-0.39, 0.29) is 27.8 Å². The minimum Gasteiger partial charge on any atom is -0.506 e. The van der Waals surface area contributed by atoms with Crippen LogP contribution in [0.1, 0.15) is 17.4 Å². The van der Waals surface area contributed by atoms with Gasteiger partial charge in [0.1, 0.15) is 22.9 Å². The molecule has 0 unspecified atom stereocenters. The van der Waals surface area contributed by atoms with Crippen molar-refractivity contribution in [2.75, 3.05) is 11.1 Å². The third kappa shape index (κ3) is 3.31. The maximum atomic E-state index is 13.2. The molecule has 2 N–H and O–H groups in total. The second kappa shape index (κ2) is 6.17. The zero-order valence-corrected chi connectivity index (χ0v) is 13.9. The number of aromatic nitrogens is 2. The zero-order chi connectivity index (χ0) is 18.2. The molecule has 2 aromatic heterocycles. The fourth-order valence-corrected chi connectivity index (χ4v) is 3.14. The number of sulfone groups is 1. The number of phenolic OH excluding ortho intramolecular Hbond substituents is 1. The molecular weight excluding hydrogens is 349 g/mol. The van der Waals surface area contributed by atoms with Crippen molar-refractivity contribution in [2.24, 2.45) is 0 Å². The summed E-state index contributed by atoms with van der Waals surface area (Å²) in [6, 6.07) is 6.27. The summed E-state index contributed by atoms with van der Waals surface area (Å²) in [5.74, 6) is -1.53. The molecule has 0 aliphatic rings. The number of carbonyl (C=O) groups is 1. The maximum Gasteiger partial charge on any atom is 0.275 e. The molecule has 0 aliphatic heterocycles. The lowest BCUT2D eigenvalue weighted by molar-refractivity contribution is 0.102. The number of nitrogens with one attached hydrogen (secondary N) is 1. The number of pyridine rings is 1. The Labute approximate surface area is 142 Å². The standard InChI is InChI=1S/C16H14FN3O4S/c1-2-25(23,24)11-4-5-14(21)12(7-11)19-16(22)13-9-20-8-10(17)3-6-15(20)18-13/h3-9,21H,2H2,1H3,(H,19,22). The highest BCUT2D eigenvalue weighted by Crippen LogP contribution is 2.27. The normalized spacial score (nSPS) is 11.6. The largest absolute Gasteiger partial charge is 0.506 e.